The zero-order chi connectivity index (χ0) is 11.6. The molecule has 0 aromatic heterocycles. The van der Waals surface area contributed by atoms with Gasteiger partial charge in [-0.1, -0.05) is 39.5 Å². The molecule has 0 aliphatic carbocycles. The number of hydrogen-bond acceptors (Lipinski definition) is 2. The van der Waals surface area contributed by atoms with Crippen molar-refractivity contribution < 1.29 is 0 Å². The van der Waals surface area contributed by atoms with Crippen molar-refractivity contribution in [2.75, 3.05) is 18.1 Å². The number of nitrogens with one attached hydrogen (secondary N) is 1. The number of hydrogen-bond donors (Lipinski definition) is 1. The van der Waals surface area contributed by atoms with Crippen LogP contribution in [-0.4, -0.2) is 24.1 Å². The lowest BCUT2D eigenvalue weighted by Gasteiger charge is -2.24. The molecule has 1 rings (SSSR count). The van der Waals surface area contributed by atoms with E-state index in [1.54, 1.807) is 0 Å². The quantitative estimate of drug-likeness (QED) is 0.612. The van der Waals surface area contributed by atoms with Gasteiger partial charge in [0.15, 0.2) is 0 Å². The first-order valence-corrected chi connectivity index (χ1v) is 8.35. The monoisotopic (exact) mass is 243 g/mol. The van der Waals surface area contributed by atoms with Crippen LogP contribution in [-0.2, 0) is 0 Å². The summed E-state index contributed by atoms with van der Waals surface area (Å²) in [5.41, 5.74) is 0. The molecule has 1 aliphatic heterocycles. The zero-order valence-electron chi connectivity index (χ0n) is 11.1. The highest BCUT2D eigenvalue weighted by Gasteiger charge is 2.24. The van der Waals surface area contributed by atoms with Crippen LogP contribution in [0.25, 0.3) is 0 Å². The van der Waals surface area contributed by atoms with Crippen molar-refractivity contribution >= 4 is 11.8 Å². The van der Waals surface area contributed by atoms with Crippen molar-refractivity contribution in [1.29, 1.82) is 0 Å². The lowest BCUT2D eigenvalue weighted by atomic mass is 9.94. The molecule has 2 heteroatoms. The highest BCUT2D eigenvalue weighted by Crippen LogP contribution is 2.28. The van der Waals surface area contributed by atoms with Crippen LogP contribution >= 0.6 is 11.8 Å². The molecule has 0 amide bonds. The first-order chi connectivity index (χ1) is 7.88. The normalized spacial score (nSPS) is 22.5. The molecule has 1 saturated heterocycles. The van der Waals surface area contributed by atoms with Crippen LogP contribution in [0.2, 0.25) is 0 Å². The largest absolute Gasteiger partial charge is 0.314 e. The molecular formula is C14H29NS. The van der Waals surface area contributed by atoms with Crippen LogP contribution in [0.1, 0.15) is 58.8 Å². The summed E-state index contributed by atoms with van der Waals surface area (Å²) in [7, 11) is 0. The van der Waals surface area contributed by atoms with Crippen LogP contribution in [0.15, 0.2) is 0 Å². The highest BCUT2D eigenvalue weighted by atomic mass is 32.2. The van der Waals surface area contributed by atoms with Gasteiger partial charge < -0.3 is 5.32 Å². The fourth-order valence-electron chi connectivity index (χ4n) is 2.50. The maximum absolute atomic E-state index is 3.77. The highest BCUT2D eigenvalue weighted by molar-refractivity contribution is 7.99. The van der Waals surface area contributed by atoms with Gasteiger partial charge in [0.05, 0.1) is 0 Å². The minimum absolute atomic E-state index is 0.812. The first kappa shape index (κ1) is 14.4. The van der Waals surface area contributed by atoms with E-state index in [0.29, 0.717) is 0 Å². The fraction of sp³-hybridized carbons (Fsp3) is 1.00. The van der Waals surface area contributed by atoms with Gasteiger partial charge in [-0.15, -0.1) is 0 Å². The third kappa shape index (κ3) is 5.58. The van der Waals surface area contributed by atoms with Gasteiger partial charge in [-0.3, -0.25) is 0 Å². The molecule has 0 saturated carbocycles. The van der Waals surface area contributed by atoms with Gasteiger partial charge in [0, 0.05) is 6.04 Å². The van der Waals surface area contributed by atoms with Gasteiger partial charge in [-0.25, -0.2) is 0 Å². The molecule has 1 fully saturated rings. The molecule has 0 bridgehead atoms. The van der Waals surface area contributed by atoms with E-state index in [4.69, 9.17) is 0 Å². The average molecular weight is 243 g/mol. The van der Waals surface area contributed by atoms with E-state index in [1.807, 2.05) is 0 Å². The van der Waals surface area contributed by atoms with Crippen molar-refractivity contribution in [3.63, 3.8) is 0 Å². The van der Waals surface area contributed by atoms with E-state index in [9.17, 15) is 0 Å². The minimum Gasteiger partial charge on any atom is -0.314 e. The second-order valence-electron chi connectivity index (χ2n) is 5.03. The van der Waals surface area contributed by atoms with E-state index in [1.165, 1.54) is 63.0 Å². The second kappa shape index (κ2) is 9.35. The molecule has 0 radical (unpaired) electrons. The van der Waals surface area contributed by atoms with Crippen LogP contribution in [0.3, 0.4) is 0 Å². The standard InChI is InChI=1S/C14H29NS/c1-3-5-6-7-8-14(15-10-4-2)13-9-11-16-12-13/h13-15H,3-12H2,1-2H3. The summed E-state index contributed by atoms with van der Waals surface area (Å²) in [5, 5.41) is 3.77. The Kier molecular flexibility index (Phi) is 8.40. The molecule has 0 spiro atoms. The molecule has 1 aliphatic rings. The van der Waals surface area contributed by atoms with Gasteiger partial charge in [0.2, 0.25) is 0 Å². The van der Waals surface area contributed by atoms with Gasteiger partial charge in [0.25, 0.3) is 0 Å². The predicted molar refractivity (Wildman–Crippen MR) is 76.3 cm³/mol. The Morgan fingerprint density at radius 2 is 2.06 bits per heavy atom. The summed E-state index contributed by atoms with van der Waals surface area (Å²) in [4.78, 5) is 0. The zero-order valence-corrected chi connectivity index (χ0v) is 12.0. The Morgan fingerprint density at radius 3 is 2.69 bits per heavy atom. The number of rotatable bonds is 9. The second-order valence-corrected chi connectivity index (χ2v) is 6.18. The third-order valence-corrected chi connectivity index (χ3v) is 4.75. The van der Waals surface area contributed by atoms with E-state index in [2.05, 4.69) is 30.9 Å². The number of thioether (sulfide) groups is 1. The van der Waals surface area contributed by atoms with E-state index < -0.39 is 0 Å². The molecule has 2 unspecified atom stereocenters. The Balaban J connectivity index is 2.19. The SMILES string of the molecule is CCCCCCC(NCCC)C1CCSC1. The average Bonchev–Trinajstić information content (AvgIpc) is 2.82. The Morgan fingerprint density at radius 1 is 1.19 bits per heavy atom. The summed E-state index contributed by atoms with van der Waals surface area (Å²) >= 11 is 2.15. The van der Waals surface area contributed by atoms with Crippen molar-refractivity contribution in [2.24, 2.45) is 5.92 Å². The first-order valence-electron chi connectivity index (χ1n) is 7.19. The molecule has 2 atom stereocenters. The van der Waals surface area contributed by atoms with Crippen LogP contribution in [0.4, 0.5) is 0 Å². The van der Waals surface area contributed by atoms with Gasteiger partial charge in [0.1, 0.15) is 0 Å². The van der Waals surface area contributed by atoms with Gasteiger partial charge in [-0.2, -0.15) is 11.8 Å². The fourth-order valence-corrected chi connectivity index (χ4v) is 3.83. The molecule has 0 aromatic rings. The molecule has 1 heterocycles. The summed E-state index contributed by atoms with van der Waals surface area (Å²) in [6.07, 6.45) is 9.75. The third-order valence-electron chi connectivity index (χ3n) is 3.56. The molecule has 16 heavy (non-hydrogen) atoms. The van der Waals surface area contributed by atoms with Crippen LogP contribution < -0.4 is 5.32 Å². The molecule has 96 valence electrons. The Hall–Kier alpha value is 0.310. The lowest BCUT2D eigenvalue weighted by Crippen LogP contribution is -2.36. The minimum atomic E-state index is 0.812. The van der Waals surface area contributed by atoms with Crippen molar-refractivity contribution in [3.05, 3.63) is 0 Å². The van der Waals surface area contributed by atoms with E-state index >= 15 is 0 Å². The topological polar surface area (TPSA) is 12.0 Å². The smallest absolute Gasteiger partial charge is 0.0103 e. The Bertz CT molecular complexity index is 155. The molecule has 1 nitrogen and oxygen atoms in total. The summed E-state index contributed by atoms with van der Waals surface area (Å²) < 4.78 is 0. The van der Waals surface area contributed by atoms with Crippen molar-refractivity contribution in [2.45, 2.75) is 64.8 Å². The summed E-state index contributed by atoms with van der Waals surface area (Å²) in [6, 6.07) is 0.812. The number of unbranched alkanes of at least 4 members (excludes halogenated alkanes) is 3. The molecular weight excluding hydrogens is 214 g/mol. The van der Waals surface area contributed by atoms with Crippen LogP contribution in [0.5, 0.6) is 0 Å². The lowest BCUT2D eigenvalue weighted by molar-refractivity contribution is 0.351. The van der Waals surface area contributed by atoms with E-state index in [-0.39, 0.29) is 0 Å². The van der Waals surface area contributed by atoms with Gasteiger partial charge >= 0.3 is 0 Å². The molecule has 1 N–H and O–H groups in total. The van der Waals surface area contributed by atoms with Crippen molar-refractivity contribution in [3.8, 4) is 0 Å². The predicted octanol–water partition coefficient (Wildman–Crippen LogP) is 4.08. The van der Waals surface area contributed by atoms with Crippen LogP contribution in [0, 0.1) is 5.92 Å². The summed E-state index contributed by atoms with van der Waals surface area (Å²) in [6.45, 7) is 5.77. The maximum Gasteiger partial charge on any atom is 0.0103 e. The van der Waals surface area contributed by atoms with E-state index in [0.717, 1.165) is 12.0 Å². The maximum atomic E-state index is 3.77. The Labute approximate surface area is 106 Å². The van der Waals surface area contributed by atoms with Crippen molar-refractivity contribution in [1.82, 2.24) is 5.32 Å². The summed E-state index contributed by atoms with van der Waals surface area (Å²) in [5.74, 6) is 3.75. The van der Waals surface area contributed by atoms with Gasteiger partial charge in [-0.05, 0) is 43.2 Å². The molecule has 0 aromatic carbocycles.